The second-order valence-electron chi connectivity index (χ2n) is 11.4. The van der Waals surface area contributed by atoms with E-state index in [1.807, 2.05) is 41.0 Å². The number of rotatable bonds is 8. The number of hydrogen-bond acceptors (Lipinski definition) is 3. The van der Waals surface area contributed by atoms with E-state index in [2.05, 4.69) is 62.5 Å². The fourth-order valence-corrected chi connectivity index (χ4v) is 5.25. The van der Waals surface area contributed by atoms with Crippen molar-refractivity contribution in [3.8, 4) is 22.6 Å². The highest BCUT2D eigenvalue weighted by atomic mass is 16.5. The topological polar surface area (TPSA) is 80.6 Å². The van der Waals surface area contributed by atoms with E-state index in [4.69, 9.17) is 9.84 Å². The van der Waals surface area contributed by atoms with Crippen LogP contribution in [0.15, 0.2) is 72.8 Å². The first-order valence-electron chi connectivity index (χ1n) is 13.7. The summed E-state index contributed by atoms with van der Waals surface area (Å²) >= 11 is 0. The van der Waals surface area contributed by atoms with Gasteiger partial charge >= 0.3 is 5.97 Å². The number of nitrogens with one attached hydrogen (secondary N) is 1. The summed E-state index contributed by atoms with van der Waals surface area (Å²) in [6.45, 7) is 6.67. The van der Waals surface area contributed by atoms with Crippen molar-refractivity contribution in [2.45, 2.75) is 64.4 Å². The second-order valence-corrected chi connectivity index (χ2v) is 11.4. The van der Waals surface area contributed by atoms with Crippen LogP contribution in [0.25, 0.3) is 27.7 Å². The zero-order chi connectivity index (χ0) is 27.6. The van der Waals surface area contributed by atoms with Crippen molar-refractivity contribution in [3.05, 3.63) is 84.1 Å². The maximum absolute atomic E-state index is 13.2. The van der Waals surface area contributed by atoms with Crippen LogP contribution in [0.5, 0.6) is 5.75 Å². The maximum atomic E-state index is 13.2. The molecule has 0 spiro atoms. The number of amides is 1. The normalized spacial score (nSPS) is 14.0. The molecule has 0 saturated heterocycles. The maximum Gasteiger partial charge on any atom is 0.305 e. The van der Waals surface area contributed by atoms with E-state index in [9.17, 15) is 9.59 Å². The summed E-state index contributed by atoms with van der Waals surface area (Å²) in [6.07, 6.45) is 4.74. The Morgan fingerprint density at radius 1 is 0.923 bits per heavy atom. The predicted octanol–water partition coefficient (Wildman–Crippen LogP) is 7.12. The van der Waals surface area contributed by atoms with Gasteiger partial charge in [0.15, 0.2) is 0 Å². The molecule has 1 heterocycles. The minimum atomic E-state index is -0.948. The third kappa shape index (κ3) is 6.00. The molecule has 3 aromatic carbocycles. The Bertz CT molecular complexity index is 1470. The Morgan fingerprint density at radius 3 is 2.23 bits per heavy atom. The Kier molecular flexibility index (Phi) is 7.47. The molecule has 0 radical (unpaired) electrons. The summed E-state index contributed by atoms with van der Waals surface area (Å²) in [4.78, 5) is 24.2. The molecule has 0 aliphatic heterocycles. The number of carboxylic acids is 1. The second kappa shape index (κ2) is 11.0. The Labute approximate surface area is 229 Å². The fraction of sp³-hybridized carbons (Fsp3) is 0.333. The molecule has 1 aromatic heterocycles. The summed E-state index contributed by atoms with van der Waals surface area (Å²) in [5.41, 5.74) is 5.74. The van der Waals surface area contributed by atoms with Gasteiger partial charge in [-0.2, -0.15) is 0 Å². The highest BCUT2D eigenvalue weighted by Gasteiger charge is 2.20. The summed E-state index contributed by atoms with van der Waals surface area (Å²) in [5, 5.41) is 12.7. The summed E-state index contributed by atoms with van der Waals surface area (Å²) < 4.78 is 8.07. The molecule has 0 bridgehead atoms. The van der Waals surface area contributed by atoms with Crippen LogP contribution in [-0.4, -0.2) is 34.2 Å². The van der Waals surface area contributed by atoms with Crippen molar-refractivity contribution in [2.24, 2.45) is 0 Å². The number of carboxylic acid groups (broad SMARTS) is 1. The monoisotopic (exact) mass is 524 g/mol. The number of aliphatic carboxylic acids is 1. The van der Waals surface area contributed by atoms with Crippen LogP contribution >= 0.6 is 0 Å². The van der Waals surface area contributed by atoms with Gasteiger partial charge < -0.3 is 19.7 Å². The number of hydrogen-bond donors (Lipinski definition) is 2. The van der Waals surface area contributed by atoms with Crippen LogP contribution in [0.4, 0.5) is 0 Å². The molecule has 1 amide bonds. The first-order valence-corrected chi connectivity index (χ1v) is 13.7. The van der Waals surface area contributed by atoms with E-state index in [-0.39, 0.29) is 30.4 Å². The molecular weight excluding hydrogens is 488 g/mol. The molecule has 6 heteroatoms. The molecule has 0 atom stereocenters. The van der Waals surface area contributed by atoms with Crippen molar-refractivity contribution in [1.29, 1.82) is 0 Å². The third-order valence-corrected chi connectivity index (χ3v) is 7.44. The molecule has 1 aliphatic rings. The number of aromatic nitrogens is 1. The van der Waals surface area contributed by atoms with Crippen LogP contribution in [0.3, 0.4) is 0 Å². The van der Waals surface area contributed by atoms with Gasteiger partial charge in [-0.05, 0) is 90.3 Å². The van der Waals surface area contributed by atoms with Gasteiger partial charge in [0, 0.05) is 17.6 Å². The molecule has 1 aliphatic carbocycles. The Hall–Kier alpha value is -4.06. The van der Waals surface area contributed by atoms with Gasteiger partial charge in [0.05, 0.1) is 18.0 Å². The summed E-state index contributed by atoms with van der Waals surface area (Å²) in [6, 6.07) is 24.6. The van der Waals surface area contributed by atoms with Gasteiger partial charge in [0.1, 0.15) is 11.4 Å². The number of carbonyl (C=O) groups excluding carboxylic acids is 1. The van der Waals surface area contributed by atoms with E-state index in [1.54, 1.807) is 0 Å². The molecular formula is C33H36N2O4. The van der Waals surface area contributed by atoms with Gasteiger partial charge in [0.2, 0.25) is 0 Å². The van der Waals surface area contributed by atoms with Crippen molar-refractivity contribution >= 4 is 22.8 Å². The lowest BCUT2D eigenvalue weighted by Gasteiger charge is -2.19. The molecule has 2 N–H and O–H groups in total. The highest BCUT2D eigenvalue weighted by molar-refractivity contribution is 6.01. The first-order chi connectivity index (χ1) is 18.7. The summed E-state index contributed by atoms with van der Waals surface area (Å²) in [7, 11) is 0. The average molecular weight is 525 g/mol. The number of benzene rings is 3. The SMILES string of the molecule is CC(C)(C)c1ccc(-c2ccc3c(c2)cc(C(=O)NCCC(=O)O)n3-c2ccc(OC3CCCC3)cc2)cc1. The number of nitrogens with zero attached hydrogens (tertiary/aromatic N) is 1. The fourth-order valence-electron chi connectivity index (χ4n) is 5.25. The van der Waals surface area contributed by atoms with Crippen LogP contribution in [0.2, 0.25) is 0 Å². The lowest BCUT2D eigenvalue weighted by atomic mass is 9.86. The Balaban J connectivity index is 1.50. The largest absolute Gasteiger partial charge is 0.490 e. The first kappa shape index (κ1) is 26.5. The Morgan fingerprint density at radius 2 is 1.59 bits per heavy atom. The van der Waals surface area contributed by atoms with Crippen molar-refractivity contribution in [3.63, 3.8) is 0 Å². The molecule has 1 saturated carbocycles. The van der Waals surface area contributed by atoms with Crippen LogP contribution < -0.4 is 10.1 Å². The number of fused-ring (bicyclic) bond motifs is 1. The standard InChI is InChI=1S/C33H36N2O4/c1-33(2,3)25-11-8-22(9-12-25)23-10-17-29-24(20-23)21-30(32(38)34-19-18-31(36)37)35(29)26-13-15-28(16-14-26)39-27-6-4-5-7-27/h8-17,20-21,27H,4-7,18-19H2,1-3H3,(H,34,38)(H,36,37). The summed E-state index contributed by atoms with van der Waals surface area (Å²) in [5.74, 6) is -0.429. The van der Waals surface area contributed by atoms with Gasteiger partial charge in [0.25, 0.3) is 5.91 Å². The van der Waals surface area contributed by atoms with Crippen molar-refractivity contribution in [1.82, 2.24) is 9.88 Å². The lowest BCUT2D eigenvalue weighted by Crippen LogP contribution is -2.27. The molecule has 5 rings (SSSR count). The third-order valence-electron chi connectivity index (χ3n) is 7.44. The number of carbonyl (C=O) groups is 2. The molecule has 4 aromatic rings. The average Bonchev–Trinajstić information content (AvgIpc) is 3.56. The highest BCUT2D eigenvalue weighted by Crippen LogP contribution is 2.32. The van der Waals surface area contributed by atoms with Gasteiger partial charge in [-0.15, -0.1) is 0 Å². The zero-order valence-corrected chi connectivity index (χ0v) is 22.9. The van der Waals surface area contributed by atoms with E-state index in [0.29, 0.717) is 5.69 Å². The van der Waals surface area contributed by atoms with E-state index >= 15 is 0 Å². The molecule has 39 heavy (non-hydrogen) atoms. The molecule has 0 unspecified atom stereocenters. The van der Waals surface area contributed by atoms with E-state index in [1.165, 1.54) is 18.4 Å². The quantitative estimate of drug-likeness (QED) is 0.257. The minimum Gasteiger partial charge on any atom is -0.490 e. The number of ether oxygens (including phenoxy) is 1. The predicted molar refractivity (Wildman–Crippen MR) is 155 cm³/mol. The van der Waals surface area contributed by atoms with Crippen LogP contribution in [0.1, 0.15) is 68.9 Å². The van der Waals surface area contributed by atoms with Gasteiger partial charge in [-0.1, -0.05) is 51.1 Å². The van der Waals surface area contributed by atoms with E-state index in [0.717, 1.165) is 46.3 Å². The smallest absolute Gasteiger partial charge is 0.305 e. The molecule has 1 fully saturated rings. The zero-order valence-electron chi connectivity index (χ0n) is 22.9. The lowest BCUT2D eigenvalue weighted by molar-refractivity contribution is -0.136. The van der Waals surface area contributed by atoms with Crippen LogP contribution in [0, 0.1) is 0 Å². The van der Waals surface area contributed by atoms with Crippen molar-refractivity contribution < 1.29 is 19.4 Å². The van der Waals surface area contributed by atoms with E-state index < -0.39 is 5.97 Å². The molecule has 6 nitrogen and oxygen atoms in total. The van der Waals surface area contributed by atoms with Gasteiger partial charge in [-0.25, -0.2) is 0 Å². The minimum absolute atomic E-state index is 0.0647. The van der Waals surface area contributed by atoms with Gasteiger partial charge in [-0.3, -0.25) is 9.59 Å². The van der Waals surface area contributed by atoms with Crippen molar-refractivity contribution in [2.75, 3.05) is 6.54 Å². The molecule has 202 valence electrons. The van der Waals surface area contributed by atoms with Crippen LogP contribution in [-0.2, 0) is 10.2 Å².